The van der Waals surface area contributed by atoms with Gasteiger partial charge in [0.05, 0.1) is 0 Å². The van der Waals surface area contributed by atoms with E-state index in [0.717, 1.165) is 12.0 Å². The molecule has 2 N–H and O–H groups in total. The molecule has 2 aromatic rings. The van der Waals surface area contributed by atoms with E-state index in [2.05, 4.69) is 0 Å². The van der Waals surface area contributed by atoms with Crippen molar-refractivity contribution in [1.29, 1.82) is 0 Å². The average molecular weight is 286 g/mol. The third-order valence-electron chi connectivity index (χ3n) is 3.16. The van der Waals surface area contributed by atoms with Crippen molar-refractivity contribution in [2.75, 3.05) is 12.3 Å². The van der Waals surface area contributed by atoms with Gasteiger partial charge in [0, 0.05) is 24.3 Å². The zero-order valence-corrected chi connectivity index (χ0v) is 12.1. The molecule has 2 aromatic carbocycles. The van der Waals surface area contributed by atoms with E-state index < -0.39 is 5.82 Å². The summed E-state index contributed by atoms with van der Waals surface area (Å²) in [7, 11) is 0. The standard InChI is InChI=1S/C17H19FN2O/c1-2-8-20(12-13-6-4-3-5-7-13)17(21)14-9-15(18)11-16(19)10-14/h3-7,9-11H,2,8,12,19H2,1H3. The topological polar surface area (TPSA) is 46.3 Å². The number of nitrogens with zero attached hydrogens (tertiary/aromatic N) is 1. The molecule has 0 fully saturated rings. The van der Waals surface area contributed by atoms with E-state index in [1.165, 1.54) is 18.2 Å². The van der Waals surface area contributed by atoms with Crippen LogP contribution in [0.4, 0.5) is 10.1 Å². The molecular weight excluding hydrogens is 267 g/mol. The maximum atomic E-state index is 13.4. The minimum Gasteiger partial charge on any atom is -0.399 e. The molecule has 0 spiro atoms. The number of benzene rings is 2. The van der Waals surface area contributed by atoms with Crippen molar-refractivity contribution in [1.82, 2.24) is 4.90 Å². The second kappa shape index (κ2) is 6.88. The Bertz CT molecular complexity index is 593. The predicted molar refractivity (Wildman–Crippen MR) is 82.3 cm³/mol. The van der Waals surface area contributed by atoms with Crippen LogP contribution in [0.15, 0.2) is 48.5 Å². The minimum absolute atomic E-state index is 0.202. The van der Waals surface area contributed by atoms with Gasteiger partial charge in [0.15, 0.2) is 0 Å². The van der Waals surface area contributed by atoms with E-state index in [-0.39, 0.29) is 17.2 Å². The largest absolute Gasteiger partial charge is 0.399 e. The Labute approximate surface area is 124 Å². The Balaban J connectivity index is 2.22. The highest BCUT2D eigenvalue weighted by Gasteiger charge is 2.16. The number of carbonyl (C=O) groups excluding carboxylic acids is 1. The van der Waals surface area contributed by atoms with E-state index in [1.807, 2.05) is 37.3 Å². The van der Waals surface area contributed by atoms with Gasteiger partial charge < -0.3 is 10.6 Å². The first kappa shape index (κ1) is 15.0. The summed E-state index contributed by atoms with van der Waals surface area (Å²) < 4.78 is 13.4. The van der Waals surface area contributed by atoms with Crippen LogP contribution in [0.3, 0.4) is 0 Å². The van der Waals surface area contributed by atoms with Crippen LogP contribution in [0.2, 0.25) is 0 Å². The Hall–Kier alpha value is -2.36. The number of hydrogen-bond donors (Lipinski definition) is 1. The maximum Gasteiger partial charge on any atom is 0.254 e. The Morgan fingerprint density at radius 1 is 1.19 bits per heavy atom. The number of nitrogens with two attached hydrogens (primary N) is 1. The molecule has 0 saturated heterocycles. The van der Waals surface area contributed by atoms with Gasteiger partial charge in [0.25, 0.3) is 5.91 Å². The number of amides is 1. The maximum absolute atomic E-state index is 13.4. The van der Waals surface area contributed by atoms with Gasteiger partial charge in [-0.15, -0.1) is 0 Å². The Morgan fingerprint density at radius 2 is 1.90 bits per heavy atom. The number of rotatable bonds is 5. The second-order valence-corrected chi connectivity index (χ2v) is 4.99. The van der Waals surface area contributed by atoms with Crippen LogP contribution >= 0.6 is 0 Å². The molecule has 0 aromatic heterocycles. The summed E-state index contributed by atoms with van der Waals surface area (Å²) in [6.07, 6.45) is 0.837. The van der Waals surface area contributed by atoms with Crippen LogP contribution in [0, 0.1) is 5.82 Å². The molecule has 4 heteroatoms. The van der Waals surface area contributed by atoms with Crippen LogP contribution in [0.5, 0.6) is 0 Å². The molecule has 0 atom stereocenters. The molecule has 0 aliphatic carbocycles. The zero-order valence-electron chi connectivity index (χ0n) is 12.1. The monoisotopic (exact) mass is 286 g/mol. The fraction of sp³-hybridized carbons (Fsp3) is 0.235. The predicted octanol–water partition coefficient (Wildman–Crippen LogP) is 3.46. The molecule has 0 radical (unpaired) electrons. The van der Waals surface area contributed by atoms with E-state index >= 15 is 0 Å². The van der Waals surface area contributed by atoms with Gasteiger partial charge in [-0.05, 0) is 30.2 Å². The molecule has 2 rings (SSSR count). The molecule has 21 heavy (non-hydrogen) atoms. The highest BCUT2D eigenvalue weighted by molar-refractivity contribution is 5.95. The molecule has 3 nitrogen and oxygen atoms in total. The summed E-state index contributed by atoms with van der Waals surface area (Å²) in [4.78, 5) is 14.3. The van der Waals surface area contributed by atoms with Gasteiger partial charge in [0.1, 0.15) is 5.82 Å². The lowest BCUT2D eigenvalue weighted by molar-refractivity contribution is 0.0742. The Kier molecular flexibility index (Phi) is 4.93. The van der Waals surface area contributed by atoms with Crippen LogP contribution < -0.4 is 5.73 Å². The van der Waals surface area contributed by atoms with Gasteiger partial charge in [-0.3, -0.25) is 4.79 Å². The van der Waals surface area contributed by atoms with Crippen molar-refractivity contribution in [3.63, 3.8) is 0 Å². The van der Waals surface area contributed by atoms with Gasteiger partial charge in [0.2, 0.25) is 0 Å². The van der Waals surface area contributed by atoms with Gasteiger partial charge in [-0.25, -0.2) is 4.39 Å². The fourth-order valence-electron chi connectivity index (χ4n) is 2.24. The second-order valence-electron chi connectivity index (χ2n) is 4.99. The molecular formula is C17H19FN2O. The first-order valence-electron chi connectivity index (χ1n) is 6.99. The summed E-state index contributed by atoms with van der Waals surface area (Å²) in [5.74, 6) is -0.693. The van der Waals surface area contributed by atoms with Crippen LogP contribution in [-0.4, -0.2) is 17.4 Å². The highest BCUT2D eigenvalue weighted by atomic mass is 19.1. The van der Waals surface area contributed by atoms with Gasteiger partial charge in [-0.2, -0.15) is 0 Å². The van der Waals surface area contributed by atoms with Crippen molar-refractivity contribution in [2.45, 2.75) is 19.9 Å². The number of anilines is 1. The Morgan fingerprint density at radius 3 is 2.52 bits per heavy atom. The van der Waals surface area contributed by atoms with Crippen molar-refractivity contribution in [3.05, 3.63) is 65.5 Å². The van der Waals surface area contributed by atoms with Crippen LogP contribution in [0.1, 0.15) is 29.3 Å². The third-order valence-corrected chi connectivity index (χ3v) is 3.16. The lowest BCUT2D eigenvalue weighted by Gasteiger charge is -2.22. The van der Waals surface area contributed by atoms with E-state index in [0.29, 0.717) is 13.1 Å². The first-order valence-corrected chi connectivity index (χ1v) is 6.99. The molecule has 0 heterocycles. The summed E-state index contributed by atoms with van der Waals surface area (Å²) in [6, 6.07) is 13.7. The van der Waals surface area contributed by atoms with E-state index in [9.17, 15) is 9.18 Å². The highest BCUT2D eigenvalue weighted by Crippen LogP contribution is 2.15. The van der Waals surface area contributed by atoms with E-state index in [4.69, 9.17) is 5.73 Å². The summed E-state index contributed by atoms with van der Waals surface area (Å²) >= 11 is 0. The fourth-order valence-corrected chi connectivity index (χ4v) is 2.24. The molecule has 0 aliphatic heterocycles. The SMILES string of the molecule is CCCN(Cc1ccccc1)C(=O)c1cc(N)cc(F)c1. The summed E-state index contributed by atoms with van der Waals surface area (Å²) in [5, 5.41) is 0. The lowest BCUT2D eigenvalue weighted by atomic mass is 10.1. The average Bonchev–Trinajstić information content (AvgIpc) is 2.46. The quantitative estimate of drug-likeness (QED) is 0.856. The smallest absolute Gasteiger partial charge is 0.254 e. The van der Waals surface area contributed by atoms with Gasteiger partial charge >= 0.3 is 0 Å². The molecule has 0 saturated carbocycles. The van der Waals surface area contributed by atoms with Crippen molar-refractivity contribution in [2.24, 2.45) is 0 Å². The molecule has 1 amide bonds. The van der Waals surface area contributed by atoms with Gasteiger partial charge in [-0.1, -0.05) is 37.3 Å². The minimum atomic E-state index is -0.491. The number of nitrogen functional groups attached to an aromatic ring is 1. The normalized spacial score (nSPS) is 10.4. The zero-order chi connectivity index (χ0) is 15.2. The molecule has 0 bridgehead atoms. The van der Waals surface area contributed by atoms with Crippen LogP contribution in [-0.2, 0) is 6.54 Å². The number of carbonyl (C=O) groups is 1. The van der Waals surface area contributed by atoms with E-state index in [1.54, 1.807) is 4.90 Å². The lowest BCUT2D eigenvalue weighted by Crippen LogP contribution is -2.31. The molecule has 0 aliphatic rings. The van der Waals surface area contributed by atoms with Crippen LogP contribution in [0.25, 0.3) is 0 Å². The van der Waals surface area contributed by atoms with Crippen molar-refractivity contribution >= 4 is 11.6 Å². The first-order chi connectivity index (χ1) is 10.1. The summed E-state index contributed by atoms with van der Waals surface area (Å²) in [5.41, 5.74) is 7.21. The van der Waals surface area contributed by atoms with Crippen molar-refractivity contribution in [3.8, 4) is 0 Å². The van der Waals surface area contributed by atoms with Crippen molar-refractivity contribution < 1.29 is 9.18 Å². The summed E-state index contributed by atoms with van der Waals surface area (Å²) in [6.45, 7) is 3.12. The molecule has 0 unspecified atom stereocenters. The number of halogens is 1. The molecule has 110 valence electrons. The third kappa shape index (κ3) is 4.05. The number of hydrogen-bond acceptors (Lipinski definition) is 2.